The van der Waals surface area contributed by atoms with Crippen LogP contribution in [0.15, 0.2) is 58.3 Å². The Morgan fingerprint density at radius 2 is 1.10 bits per heavy atom. The van der Waals surface area contributed by atoms with Crippen molar-refractivity contribution >= 4 is 116 Å². The Labute approximate surface area is 272 Å². The molecule has 0 aromatic heterocycles. The number of carbonyl (C=O) groups excluding carboxylic acids is 4. The van der Waals surface area contributed by atoms with Crippen molar-refractivity contribution in [2.45, 2.75) is 12.8 Å². The second-order valence-electron chi connectivity index (χ2n) is 8.91. The Bertz CT molecular complexity index is 1400. The Morgan fingerprint density at radius 3 is 1.48 bits per heavy atom. The van der Waals surface area contributed by atoms with Gasteiger partial charge in [-0.25, -0.2) is 0 Å². The lowest BCUT2D eigenvalue weighted by atomic mass is 10.2. The molecule has 42 heavy (non-hydrogen) atoms. The van der Waals surface area contributed by atoms with E-state index in [1.807, 2.05) is 12.1 Å². The fourth-order valence-electron chi connectivity index (χ4n) is 3.86. The summed E-state index contributed by atoms with van der Waals surface area (Å²) in [6.07, 6.45) is 3.48. The average molecular weight is 680 g/mol. The van der Waals surface area contributed by atoms with E-state index in [4.69, 9.17) is 47.6 Å². The van der Waals surface area contributed by atoms with Crippen molar-refractivity contribution in [3.05, 3.63) is 79.5 Å². The summed E-state index contributed by atoms with van der Waals surface area (Å²) in [5.41, 5.74) is 1.42. The van der Waals surface area contributed by atoms with Crippen LogP contribution in [0.25, 0.3) is 12.2 Å². The zero-order valence-electron chi connectivity index (χ0n) is 21.9. The number of hydrogen-bond acceptors (Lipinski definition) is 8. The van der Waals surface area contributed by atoms with Crippen molar-refractivity contribution in [3.8, 4) is 0 Å². The molecule has 0 aliphatic carbocycles. The number of amides is 4. The Morgan fingerprint density at radius 1 is 0.714 bits per heavy atom. The molecule has 0 unspecified atom stereocenters. The number of thiocarbonyl (C=S) groups is 2. The fraction of sp³-hybridized carbons (Fsp3) is 0.214. The van der Waals surface area contributed by atoms with E-state index in [0.717, 1.165) is 0 Å². The van der Waals surface area contributed by atoms with Crippen LogP contribution in [-0.2, 0) is 19.2 Å². The number of thioether (sulfide) groups is 2. The Hall–Kier alpha value is -2.74. The Kier molecular flexibility index (Phi) is 11.6. The van der Waals surface area contributed by atoms with E-state index < -0.39 is 0 Å². The number of nitrogens with one attached hydrogen (secondary N) is 2. The summed E-state index contributed by atoms with van der Waals surface area (Å²) >= 11 is 25.3. The predicted octanol–water partition coefficient (Wildman–Crippen LogP) is 5.11. The van der Waals surface area contributed by atoms with Gasteiger partial charge in [0.05, 0.1) is 9.81 Å². The molecule has 0 atom stereocenters. The molecule has 8 nitrogen and oxygen atoms in total. The third kappa shape index (κ3) is 8.42. The van der Waals surface area contributed by atoms with Gasteiger partial charge in [-0.05, 0) is 35.4 Å². The van der Waals surface area contributed by atoms with Gasteiger partial charge in [0.25, 0.3) is 11.8 Å². The number of hydrogen-bond donors (Lipinski definition) is 2. The van der Waals surface area contributed by atoms with Gasteiger partial charge < -0.3 is 10.6 Å². The average Bonchev–Trinajstić information content (AvgIpc) is 3.38. The van der Waals surface area contributed by atoms with E-state index in [2.05, 4.69) is 10.6 Å². The topological polar surface area (TPSA) is 98.8 Å². The maximum atomic E-state index is 12.8. The third-order valence-electron chi connectivity index (χ3n) is 6.03. The minimum Gasteiger partial charge on any atom is -0.354 e. The van der Waals surface area contributed by atoms with Crippen LogP contribution in [0.2, 0.25) is 10.0 Å². The van der Waals surface area contributed by atoms with Crippen molar-refractivity contribution < 1.29 is 19.2 Å². The van der Waals surface area contributed by atoms with Crippen LogP contribution in [0.3, 0.4) is 0 Å². The van der Waals surface area contributed by atoms with Crippen LogP contribution in [0.4, 0.5) is 0 Å². The lowest BCUT2D eigenvalue weighted by Crippen LogP contribution is -2.38. The summed E-state index contributed by atoms with van der Waals surface area (Å²) in [5.74, 6) is -1.11. The monoisotopic (exact) mass is 678 g/mol. The SMILES string of the molecule is O=C(CCN1C(=O)/C(=C/c2ccccc2Cl)SC1=S)NCCNC(=O)CCN1C(=O)/C(=C/c2ccccc2Cl)SC1=S. The maximum Gasteiger partial charge on any atom is 0.266 e. The highest BCUT2D eigenvalue weighted by molar-refractivity contribution is 8.27. The molecule has 218 valence electrons. The van der Waals surface area contributed by atoms with Crippen LogP contribution < -0.4 is 10.6 Å². The normalized spacial score (nSPS) is 17.1. The van der Waals surface area contributed by atoms with Crippen LogP contribution in [0.5, 0.6) is 0 Å². The highest BCUT2D eigenvalue weighted by atomic mass is 35.5. The van der Waals surface area contributed by atoms with Gasteiger partial charge in [0.15, 0.2) is 0 Å². The molecule has 2 aromatic rings. The third-order valence-corrected chi connectivity index (χ3v) is 9.47. The first kappa shape index (κ1) is 32.2. The highest BCUT2D eigenvalue weighted by Crippen LogP contribution is 2.35. The molecule has 2 aromatic carbocycles. The van der Waals surface area contributed by atoms with E-state index in [-0.39, 0.29) is 62.6 Å². The summed E-state index contributed by atoms with van der Waals surface area (Å²) in [4.78, 5) is 53.8. The first-order chi connectivity index (χ1) is 20.1. The smallest absolute Gasteiger partial charge is 0.266 e. The quantitative estimate of drug-likeness (QED) is 0.192. The number of rotatable bonds is 11. The summed E-state index contributed by atoms with van der Waals surface area (Å²) < 4.78 is 0.749. The van der Waals surface area contributed by atoms with Gasteiger partial charge >= 0.3 is 0 Å². The lowest BCUT2D eigenvalue weighted by molar-refractivity contribution is -0.126. The van der Waals surface area contributed by atoms with Crippen molar-refractivity contribution in [1.82, 2.24) is 20.4 Å². The van der Waals surface area contributed by atoms with Gasteiger partial charge in [0.1, 0.15) is 8.64 Å². The molecule has 2 saturated heterocycles. The van der Waals surface area contributed by atoms with Crippen LogP contribution >= 0.6 is 71.2 Å². The van der Waals surface area contributed by atoms with Crippen molar-refractivity contribution in [1.29, 1.82) is 0 Å². The molecule has 2 N–H and O–H groups in total. The maximum absolute atomic E-state index is 12.8. The largest absolute Gasteiger partial charge is 0.354 e. The minimum absolute atomic E-state index is 0.0516. The second kappa shape index (κ2) is 15.1. The summed E-state index contributed by atoms with van der Waals surface area (Å²) in [5, 5.41) is 6.48. The highest BCUT2D eigenvalue weighted by Gasteiger charge is 2.33. The van der Waals surface area contributed by atoms with Gasteiger partial charge in [-0.15, -0.1) is 0 Å². The van der Waals surface area contributed by atoms with E-state index >= 15 is 0 Å². The minimum atomic E-state index is -0.281. The number of benzene rings is 2. The summed E-state index contributed by atoms with van der Waals surface area (Å²) in [6, 6.07) is 14.3. The van der Waals surface area contributed by atoms with Gasteiger partial charge in [-0.3, -0.25) is 29.0 Å². The second-order valence-corrected chi connectivity index (χ2v) is 13.1. The zero-order chi connectivity index (χ0) is 30.2. The zero-order valence-corrected chi connectivity index (χ0v) is 26.7. The molecule has 0 saturated carbocycles. The molecule has 0 radical (unpaired) electrons. The van der Waals surface area contributed by atoms with Crippen molar-refractivity contribution in [2.75, 3.05) is 26.2 Å². The Balaban J connectivity index is 1.15. The van der Waals surface area contributed by atoms with Gasteiger partial charge in [0, 0.05) is 49.1 Å². The van der Waals surface area contributed by atoms with Gasteiger partial charge in [-0.1, -0.05) is 108 Å². The number of carbonyl (C=O) groups is 4. The van der Waals surface area contributed by atoms with Crippen molar-refractivity contribution in [3.63, 3.8) is 0 Å². The molecule has 2 aliphatic rings. The van der Waals surface area contributed by atoms with Gasteiger partial charge in [-0.2, -0.15) is 0 Å². The standard InChI is InChI=1S/C28H24Cl2N4O4S4/c29-19-7-3-1-5-17(19)15-21-25(37)33(27(39)41-21)13-9-23(35)31-11-12-32-24(36)10-14-34-26(38)22(42-28(34)40)16-18-6-2-4-8-20(18)30/h1-8,15-16H,9-14H2,(H,31,35)(H,32,36)/b21-15-,22-16-. The van der Waals surface area contributed by atoms with Crippen LogP contribution in [0.1, 0.15) is 24.0 Å². The van der Waals surface area contributed by atoms with E-state index in [0.29, 0.717) is 39.6 Å². The number of nitrogens with zero attached hydrogens (tertiary/aromatic N) is 2. The summed E-state index contributed by atoms with van der Waals surface area (Å²) in [6.45, 7) is 0.683. The summed E-state index contributed by atoms with van der Waals surface area (Å²) in [7, 11) is 0. The molecule has 0 spiro atoms. The number of halogens is 2. The predicted molar refractivity (Wildman–Crippen MR) is 178 cm³/mol. The van der Waals surface area contributed by atoms with Crippen LogP contribution in [-0.4, -0.2) is 68.2 Å². The fourth-order valence-corrected chi connectivity index (χ4v) is 6.84. The molecule has 2 fully saturated rings. The molecular weight excluding hydrogens is 656 g/mol. The molecule has 2 heterocycles. The van der Waals surface area contributed by atoms with E-state index in [1.165, 1.54) is 33.3 Å². The molecule has 0 bridgehead atoms. The van der Waals surface area contributed by atoms with E-state index in [1.54, 1.807) is 48.6 Å². The van der Waals surface area contributed by atoms with Crippen LogP contribution in [0, 0.1) is 0 Å². The first-order valence-electron chi connectivity index (χ1n) is 12.7. The lowest BCUT2D eigenvalue weighted by Gasteiger charge is -2.15. The van der Waals surface area contributed by atoms with E-state index in [9.17, 15) is 19.2 Å². The van der Waals surface area contributed by atoms with Gasteiger partial charge in [0.2, 0.25) is 11.8 Å². The molecular formula is C28H24Cl2N4O4S4. The molecule has 2 aliphatic heterocycles. The van der Waals surface area contributed by atoms with Crippen molar-refractivity contribution in [2.24, 2.45) is 0 Å². The first-order valence-corrected chi connectivity index (χ1v) is 15.9. The molecule has 4 rings (SSSR count). The molecule has 4 amide bonds. The molecule has 14 heteroatoms.